The van der Waals surface area contributed by atoms with E-state index in [0.29, 0.717) is 12.1 Å². The van der Waals surface area contributed by atoms with Crippen LogP contribution in [0.5, 0.6) is 0 Å². The van der Waals surface area contributed by atoms with Crippen molar-refractivity contribution in [3.05, 3.63) is 17.5 Å². The summed E-state index contributed by atoms with van der Waals surface area (Å²) in [6, 6.07) is 1.11. The Labute approximate surface area is 109 Å². The lowest BCUT2D eigenvalue weighted by atomic mass is 9.87. The van der Waals surface area contributed by atoms with E-state index in [4.69, 9.17) is 4.74 Å². The Morgan fingerprint density at radius 1 is 1.42 bits per heavy atom. The average Bonchev–Trinajstić information content (AvgIpc) is 2.72. The summed E-state index contributed by atoms with van der Waals surface area (Å²) < 4.78 is 44.7. The lowest BCUT2D eigenvalue weighted by Crippen LogP contribution is -2.45. The molecule has 19 heavy (non-hydrogen) atoms. The van der Waals surface area contributed by atoms with Gasteiger partial charge in [0.05, 0.1) is 5.60 Å². The molecule has 7 heteroatoms. The molecule has 2 rings (SSSR count). The van der Waals surface area contributed by atoms with Crippen LogP contribution in [0.4, 0.5) is 13.2 Å². The number of aromatic nitrogens is 2. The van der Waals surface area contributed by atoms with Crippen LogP contribution in [0.1, 0.15) is 24.2 Å². The lowest BCUT2D eigenvalue weighted by Gasteiger charge is -2.36. The number of nitrogens with one attached hydrogen (secondary N) is 1. The maximum absolute atomic E-state index is 12.6. The molecule has 0 unspecified atom stereocenters. The molecule has 0 bridgehead atoms. The van der Waals surface area contributed by atoms with E-state index >= 15 is 0 Å². The second kappa shape index (κ2) is 5.13. The zero-order chi connectivity index (χ0) is 14.1. The Morgan fingerprint density at radius 3 is 2.53 bits per heavy atom. The van der Waals surface area contributed by atoms with Crippen LogP contribution in [0.3, 0.4) is 0 Å². The molecule has 0 aliphatic carbocycles. The summed E-state index contributed by atoms with van der Waals surface area (Å²) in [5.41, 5.74) is -0.677. The molecular formula is C12H18F3N3O. The third-order valence-corrected chi connectivity index (χ3v) is 3.72. The molecule has 0 saturated carbocycles. The SMILES string of the molecule is COC1(Cc2cc(C(F)(F)F)nn2C)CCNCC1. The normalized spacial score (nSPS) is 19.6. The van der Waals surface area contributed by atoms with Crippen LogP contribution in [0.2, 0.25) is 0 Å². The third-order valence-electron chi connectivity index (χ3n) is 3.72. The largest absolute Gasteiger partial charge is 0.435 e. The fourth-order valence-electron chi connectivity index (χ4n) is 2.48. The molecule has 0 spiro atoms. The van der Waals surface area contributed by atoms with Gasteiger partial charge in [0, 0.05) is 26.3 Å². The van der Waals surface area contributed by atoms with Crippen LogP contribution in [0, 0.1) is 0 Å². The van der Waals surface area contributed by atoms with Crippen molar-refractivity contribution in [2.75, 3.05) is 20.2 Å². The number of piperidine rings is 1. The second-order valence-corrected chi connectivity index (χ2v) is 4.96. The van der Waals surface area contributed by atoms with Gasteiger partial charge in [0.25, 0.3) is 0 Å². The van der Waals surface area contributed by atoms with Gasteiger partial charge >= 0.3 is 6.18 Å². The molecule has 1 aromatic rings. The predicted octanol–water partition coefficient (Wildman–Crippen LogP) is 1.75. The first-order valence-corrected chi connectivity index (χ1v) is 6.22. The summed E-state index contributed by atoms with van der Waals surface area (Å²) in [7, 11) is 3.15. The molecule has 1 N–H and O–H groups in total. The number of hydrogen-bond acceptors (Lipinski definition) is 3. The number of nitrogens with zero attached hydrogens (tertiary/aromatic N) is 2. The third kappa shape index (κ3) is 3.09. The minimum Gasteiger partial charge on any atom is -0.378 e. The quantitative estimate of drug-likeness (QED) is 0.915. The molecule has 1 saturated heterocycles. The van der Waals surface area contributed by atoms with Crippen LogP contribution >= 0.6 is 0 Å². The van der Waals surface area contributed by atoms with Crippen LogP contribution < -0.4 is 5.32 Å². The van der Waals surface area contributed by atoms with Gasteiger partial charge in [0.1, 0.15) is 0 Å². The summed E-state index contributed by atoms with van der Waals surface area (Å²) in [5, 5.41) is 6.75. The summed E-state index contributed by atoms with van der Waals surface area (Å²) in [5.74, 6) is 0. The number of halogens is 3. The van der Waals surface area contributed by atoms with Gasteiger partial charge in [-0.25, -0.2) is 0 Å². The highest BCUT2D eigenvalue weighted by molar-refractivity contribution is 5.15. The number of aryl methyl sites for hydroxylation is 1. The molecule has 1 aliphatic heterocycles. The highest BCUT2D eigenvalue weighted by Crippen LogP contribution is 2.31. The fourth-order valence-corrected chi connectivity index (χ4v) is 2.48. The van der Waals surface area contributed by atoms with E-state index in [1.807, 2.05) is 0 Å². The monoisotopic (exact) mass is 277 g/mol. The minimum atomic E-state index is -4.40. The summed E-state index contributed by atoms with van der Waals surface area (Å²) in [6.45, 7) is 1.63. The molecule has 0 radical (unpaired) electrons. The summed E-state index contributed by atoms with van der Waals surface area (Å²) >= 11 is 0. The number of hydrogen-bond donors (Lipinski definition) is 1. The average molecular weight is 277 g/mol. The van der Waals surface area contributed by atoms with Crippen molar-refractivity contribution in [3.63, 3.8) is 0 Å². The predicted molar refractivity (Wildman–Crippen MR) is 63.8 cm³/mol. The standard InChI is InChI=1S/C12H18F3N3O/c1-18-9(7-10(17-18)12(13,14)15)8-11(19-2)3-5-16-6-4-11/h7,16H,3-6,8H2,1-2H3. The molecule has 108 valence electrons. The summed E-state index contributed by atoms with van der Waals surface area (Å²) in [4.78, 5) is 0. The first-order valence-electron chi connectivity index (χ1n) is 6.22. The topological polar surface area (TPSA) is 39.1 Å². The van der Waals surface area contributed by atoms with E-state index in [1.54, 1.807) is 7.11 Å². The van der Waals surface area contributed by atoms with E-state index < -0.39 is 11.9 Å². The van der Waals surface area contributed by atoms with Gasteiger partial charge in [-0.15, -0.1) is 0 Å². The molecule has 2 heterocycles. The van der Waals surface area contributed by atoms with Gasteiger partial charge < -0.3 is 10.1 Å². The van der Waals surface area contributed by atoms with Crippen LogP contribution in [0.25, 0.3) is 0 Å². The molecule has 0 amide bonds. The number of ether oxygens (including phenoxy) is 1. The zero-order valence-electron chi connectivity index (χ0n) is 11.0. The maximum Gasteiger partial charge on any atom is 0.435 e. The van der Waals surface area contributed by atoms with Gasteiger partial charge in [0.2, 0.25) is 0 Å². The number of methoxy groups -OCH3 is 1. The highest BCUT2D eigenvalue weighted by atomic mass is 19.4. The number of alkyl halides is 3. The van der Waals surface area contributed by atoms with E-state index in [9.17, 15) is 13.2 Å². The van der Waals surface area contributed by atoms with Crippen molar-refractivity contribution in [1.82, 2.24) is 15.1 Å². The Balaban J connectivity index is 2.20. The number of rotatable bonds is 3. The molecule has 1 aliphatic rings. The zero-order valence-corrected chi connectivity index (χ0v) is 11.0. The van der Waals surface area contributed by atoms with Crippen LogP contribution in [-0.4, -0.2) is 35.6 Å². The van der Waals surface area contributed by atoms with Crippen LogP contribution in [-0.2, 0) is 24.4 Å². The first-order chi connectivity index (χ1) is 8.86. The van der Waals surface area contributed by atoms with Crippen molar-refractivity contribution in [3.8, 4) is 0 Å². The Bertz CT molecular complexity index is 436. The van der Waals surface area contributed by atoms with Crippen molar-refractivity contribution in [1.29, 1.82) is 0 Å². The minimum absolute atomic E-state index is 0.387. The van der Waals surface area contributed by atoms with Gasteiger partial charge in [-0.2, -0.15) is 18.3 Å². The van der Waals surface area contributed by atoms with Crippen molar-refractivity contribution in [2.45, 2.75) is 31.0 Å². The van der Waals surface area contributed by atoms with Crippen LogP contribution in [0.15, 0.2) is 6.07 Å². The lowest BCUT2D eigenvalue weighted by molar-refractivity contribution is -0.141. The fraction of sp³-hybridized carbons (Fsp3) is 0.750. The Kier molecular flexibility index (Phi) is 3.87. The smallest absolute Gasteiger partial charge is 0.378 e. The molecule has 4 nitrogen and oxygen atoms in total. The van der Waals surface area contributed by atoms with Crippen molar-refractivity contribution >= 4 is 0 Å². The van der Waals surface area contributed by atoms with Gasteiger partial charge in [-0.1, -0.05) is 0 Å². The van der Waals surface area contributed by atoms with E-state index in [2.05, 4.69) is 10.4 Å². The molecule has 1 aromatic heterocycles. The first kappa shape index (κ1) is 14.3. The van der Waals surface area contributed by atoms with Gasteiger partial charge in [-0.05, 0) is 32.0 Å². The molecule has 0 aromatic carbocycles. The highest BCUT2D eigenvalue weighted by Gasteiger charge is 2.37. The van der Waals surface area contributed by atoms with Gasteiger partial charge in [0.15, 0.2) is 5.69 Å². The Hall–Kier alpha value is -1.08. The molecule has 0 atom stereocenters. The maximum atomic E-state index is 12.6. The Morgan fingerprint density at radius 2 is 2.05 bits per heavy atom. The second-order valence-electron chi connectivity index (χ2n) is 4.96. The van der Waals surface area contributed by atoms with E-state index in [0.717, 1.165) is 32.0 Å². The molecule has 1 fully saturated rings. The van der Waals surface area contributed by atoms with Crippen molar-refractivity contribution in [2.24, 2.45) is 7.05 Å². The summed E-state index contributed by atoms with van der Waals surface area (Å²) in [6.07, 6.45) is -2.37. The van der Waals surface area contributed by atoms with E-state index in [-0.39, 0.29) is 5.60 Å². The van der Waals surface area contributed by atoms with E-state index in [1.165, 1.54) is 11.7 Å². The van der Waals surface area contributed by atoms with Crippen molar-refractivity contribution < 1.29 is 17.9 Å². The molecular weight excluding hydrogens is 259 g/mol. The van der Waals surface area contributed by atoms with Gasteiger partial charge in [-0.3, -0.25) is 4.68 Å².